The first-order valence-corrected chi connectivity index (χ1v) is 16.0. The van der Waals surface area contributed by atoms with E-state index in [4.69, 9.17) is 20.4 Å². The zero-order valence-electron chi connectivity index (χ0n) is 25.7. The molecule has 0 aliphatic carbocycles. The molecular weight excluding hydrogens is 544 g/mol. The Kier molecular flexibility index (Phi) is 21.4. The lowest BCUT2D eigenvalue weighted by Gasteiger charge is -2.48. The molecule has 0 amide bonds. The van der Waals surface area contributed by atoms with Crippen LogP contribution in [-0.2, 0) is 24.0 Å². The van der Waals surface area contributed by atoms with Crippen molar-refractivity contribution in [3.05, 3.63) is 0 Å². The topological polar surface area (TPSA) is 186 Å². The first-order valence-electron chi connectivity index (χ1n) is 16.0. The number of rotatable bonds is 30. The molecule has 0 fully saturated rings. The van der Waals surface area contributed by atoms with Gasteiger partial charge in [-0.25, -0.2) is 0 Å². The van der Waals surface area contributed by atoms with Crippen molar-refractivity contribution in [3.8, 4) is 0 Å². The van der Waals surface area contributed by atoms with Crippen LogP contribution < -0.4 is 0 Å². The highest BCUT2D eigenvalue weighted by Gasteiger charge is 2.51. The second-order valence-corrected chi connectivity index (χ2v) is 12.1. The molecule has 0 radical (unpaired) electrons. The highest BCUT2D eigenvalue weighted by Crippen LogP contribution is 2.54. The van der Waals surface area contributed by atoms with Gasteiger partial charge < -0.3 is 25.5 Å². The van der Waals surface area contributed by atoms with Gasteiger partial charge in [0.05, 0.1) is 5.41 Å². The molecule has 0 heterocycles. The van der Waals surface area contributed by atoms with Crippen LogP contribution in [0.2, 0.25) is 0 Å². The van der Waals surface area contributed by atoms with E-state index in [1.807, 2.05) is 0 Å². The molecule has 0 aromatic heterocycles. The Labute approximate surface area is 251 Å². The summed E-state index contributed by atoms with van der Waals surface area (Å²) in [5, 5.41) is 46.4. The molecule has 0 spiro atoms. The van der Waals surface area contributed by atoms with E-state index in [0.717, 1.165) is 57.8 Å². The van der Waals surface area contributed by atoms with Crippen LogP contribution in [-0.4, -0.2) is 55.4 Å². The van der Waals surface area contributed by atoms with Crippen LogP contribution in [0, 0.1) is 10.8 Å². The van der Waals surface area contributed by atoms with Gasteiger partial charge in [-0.2, -0.15) is 0 Å². The molecule has 244 valence electrons. The average molecular weight is 601 g/mol. The number of carbonyl (C=O) groups is 5. The van der Waals surface area contributed by atoms with Gasteiger partial charge in [0, 0.05) is 25.7 Å². The van der Waals surface area contributed by atoms with Crippen molar-refractivity contribution in [1.82, 2.24) is 0 Å². The van der Waals surface area contributed by atoms with Crippen LogP contribution in [0.1, 0.15) is 161 Å². The predicted octanol–water partition coefficient (Wildman–Crippen LogP) is 7.76. The predicted molar refractivity (Wildman–Crippen MR) is 160 cm³/mol. The van der Waals surface area contributed by atoms with Crippen molar-refractivity contribution in [2.75, 3.05) is 0 Å². The van der Waals surface area contributed by atoms with Crippen LogP contribution in [0.4, 0.5) is 0 Å². The summed E-state index contributed by atoms with van der Waals surface area (Å²) in [5.74, 6) is -4.24. The maximum Gasteiger partial charge on any atom is 0.309 e. The zero-order chi connectivity index (χ0) is 31.9. The van der Waals surface area contributed by atoms with E-state index in [9.17, 15) is 29.1 Å². The minimum absolute atomic E-state index is 0.00602. The lowest BCUT2D eigenvalue weighted by Crippen LogP contribution is -2.46. The second kappa shape index (κ2) is 22.9. The van der Waals surface area contributed by atoms with E-state index in [2.05, 4.69) is 0 Å². The first kappa shape index (κ1) is 39.4. The third kappa shape index (κ3) is 18.0. The summed E-state index contributed by atoms with van der Waals surface area (Å²) in [6.45, 7) is 1.81. The van der Waals surface area contributed by atoms with Crippen molar-refractivity contribution >= 4 is 29.8 Å². The van der Waals surface area contributed by atoms with E-state index >= 15 is 0 Å². The monoisotopic (exact) mass is 600 g/mol. The summed E-state index contributed by atoms with van der Waals surface area (Å²) in [6.07, 6.45) is 14.8. The number of aliphatic carboxylic acids is 5. The molecule has 2 unspecified atom stereocenters. The lowest BCUT2D eigenvalue weighted by atomic mass is 9.55. The molecule has 5 N–H and O–H groups in total. The van der Waals surface area contributed by atoms with Crippen molar-refractivity contribution in [3.63, 3.8) is 0 Å². The second-order valence-electron chi connectivity index (χ2n) is 12.1. The minimum atomic E-state index is -1.07. The number of carboxylic acids is 5. The Morgan fingerprint density at radius 3 is 0.929 bits per heavy atom. The van der Waals surface area contributed by atoms with E-state index < -0.39 is 40.7 Å². The van der Waals surface area contributed by atoms with Gasteiger partial charge in [0.2, 0.25) is 0 Å². The zero-order valence-corrected chi connectivity index (χ0v) is 25.7. The van der Waals surface area contributed by atoms with Crippen LogP contribution in [0.3, 0.4) is 0 Å². The Bertz CT molecular complexity index is 811. The van der Waals surface area contributed by atoms with Crippen LogP contribution in [0.15, 0.2) is 0 Å². The summed E-state index contributed by atoms with van der Waals surface area (Å²) in [7, 11) is 0. The third-order valence-corrected chi connectivity index (χ3v) is 8.85. The van der Waals surface area contributed by atoms with Gasteiger partial charge >= 0.3 is 29.8 Å². The molecule has 0 aliphatic rings. The molecule has 2 atom stereocenters. The molecule has 10 nitrogen and oxygen atoms in total. The highest BCUT2D eigenvalue weighted by atomic mass is 16.4. The number of unbranched alkanes of at least 4 members (excludes halogenated alkanes) is 12. The fourth-order valence-corrected chi connectivity index (χ4v) is 6.19. The fourth-order valence-electron chi connectivity index (χ4n) is 6.19. The molecule has 0 saturated heterocycles. The van der Waals surface area contributed by atoms with Gasteiger partial charge in [0.15, 0.2) is 0 Å². The van der Waals surface area contributed by atoms with Crippen molar-refractivity contribution in [2.24, 2.45) is 10.8 Å². The Balaban J connectivity index is 5.64. The maximum atomic E-state index is 13.0. The molecule has 0 bridgehead atoms. The Hall–Kier alpha value is -2.65. The summed E-state index contributed by atoms with van der Waals surface area (Å²) >= 11 is 0. The molecule has 0 aliphatic heterocycles. The summed E-state index contributed by atoms with van der Waals surface area (Å²) in [4.78, 5) is 56.6. The van der Waals surface area contributed by atoms with Crippen LogP contribution >= 0.6 is 0 Å². The Morgan fingerprint density at radius 1 is 0.381 bits per heavy atom. The molecular formula is C32H56O10. The Morgan fingerprint density at radius 2 is 0.619 bits per heavy atom. The molecule has 0 saturated carbocycles. The van der Waals surface area contributed by atoms with E-state index in [-0.39, 0.29) is 25.7 Å². The van der Waals surface area contributed by atoms with Crippen molar-refractivity contribution < 1.29 is 49.5 Å². The van der Waals surface area contributed by atoms with E-state index in [1.165, 1.54) is 0 Å². The number of hydrogen-bond donors (Lipinski definition) is 5. The summed E-state index contributed by atoms with van der Waals surface area (Å²) in [5.41, 5.74) is -1.62. The lowest BCUT2D eigenvalue weighted by molar-refractivity contribution is -0.160. The quantitative estimate of drug-likeness (QED) is 0.0510. The smallest absolute Gasteiger partial charge is 0.309 e. The average Bonchev–Trinajstić information content (AvgIpc) is 2.90. The molecule has 42 heavy (non-hydrogen) atoms. The van der Waals surface area contributed by atoms with Gasteiger partial charge in [-0.15, -0.1) is 0 Å². The maximum absolute atomic E-state index is 13.0. The standard InChI is InChI=1S/C32H56O10/c1-31(30(41)42,22-17-13-21-29(39)40)32(25-16-9-12-20-28(37)38,24-15-8-6-11-19-27(35)36)23-14-7-4-2-3-5-10-18-26(33)34/h2-25H2,1H3,(H,33,34)(H,35,36)(H,37,38)(H,39,40)(H,41,42). The van der Waals surface area contributed by atoms with Crippen LogP contribution in [0.5, 0.6) is 0 Å². The highest BCUT2D eigenvalue weighted by molar-refractivity contribution is 5.75. The van der Waals surface area contributed by atoms with Gasteiger partial charge in [-0.05, 0) is 63.7 Å². The summed E-state index contributed by atoms with van der Waals surface area (Å²) in [6, 6.07) is 0. The van der Waals surface area contributed by atoms with Gasteiger partial charge in [-0.1, -0.05) is 77.0 Å². The first-order chi connectivity index (χ1) is 19.9. The van der Waals surface area contributed by atoms with Gasteiger partial charge in [-0.3, -0.25) is 24.0 Å². The molecule has 10 heteroatoms. The van der Waals surface area contributed by atoms with E-state index in [0.29, 0.717) is 70.6 Å². The number of hydrogen-bond acceptors (Lipinski definition) is 5. The van der Waals surface area contributed by atoms with Crippen molar-refractivity contribution in [1.29, 1.82) is 0 Å². The largest absolute Gasteiger partial charge is 0.481 e. The van der Waals surface area contributed by atoms with E-state index in [1.54, 1.807) is 6.92 Å². The minimum Gasteiger partial charge on any atom is -0.481 e. The van der Waals surface area contributed by atoms with Gasteiger partial charge in [0.1, 0.15) is 0 Å². The van der Waals surface area contributed by atoms with Crippen molar-refractivity contribution in [2.45, 2.75) is 161 Å². The normalized spacial score (nSPS) is 14.1. The molecule has 0 aromatic rings. The SMILES string of the molecule is CC(CCCCC(=O)O)(C(=O)O)C(CCCCCCCCCC(=O)O)(CCCCCCC(=O)O)CCCCCC(=O)O. The van der Waals surface area contributed by atoms with Gasteiger partial charge in [0.25, 0.3) is 0 Å². The summed E-state index contributed by atoms with van der Waals surface area (Å²) < 4.78 is 0. The molecule has 0 rings (SSSR count). The fraction of sp³-hybridized carbons (Fsp3) is 0.844. The molecule has 0 aromatic carbocycles. The number of carboxylic acid groups (broad SMARTS) is 5. The third-order valence-electron chi connectivity index (χ3n) is 8.85. The van der Waals surface area contributed by atoms with Crippen LogP contribution in [0.25, 0.3) is 0 Å².